The number of hydrogen-bond donors (Lipinski definition) is 1. The molecule has 2 rings (SSSR count). The zero-order valence-corrected chi connectivity index (χ0v) is 12.2. The largest absolute Gasteiger partial charge is 0.478 e. The molecule has 1 aliphatic heterocycles. The first kappa shape index (κ1) is 14.1. The van der Waals surface area contributed by atoms with E-state index in [0.29, 0.717) is 16.6 Å². The van der Waals surface area contributed by atoms with Gasteiger partial charge in [0, 0.05) is 11.3 Å². The number of thioether (sulfide) groups is 1. The Balaban J connectivity index is 2.49. The topological polar surface area (TPSA) is 71.4 Å². The molecular weight excluding hydrogens is 284 g/mol. The van der Waals surface area contributed by atoms with E-state index in [1.165, 1.54) is 36.0 Å². The van der Waals surface area contributed by atoms with Crippen LogP contribution in [0.2, 0.25) is 0 Å². The third kappa shape index (κ3) is 2.55. The SMILES string of the molecule is CC(C)SCC1=Cc2c(C(=O)O)cccc2S1(=O)=O. The van der Waals surface area contributed by atoms with Crippen LogP contribution in [0.25, 0.3) is 6.08 Å². The summed E-state index contributed by atoms with van der Waals surface area (Å²) in [5.41, 5.74) is 0.333. The Morgan fingerprint density at radius 3 is 2.63 bits per heavy atom. The summed E-state index contributed by atoms with van der Waals surface area (Å²) >= 11 is 1.52. The summed E-state index contributed by atoms with van der Waals surface area (Å²) in [7, 11) is -3.52. The van der Waals surface area contributed by atoms with E-state index in [1.807, 2.05) is 13.8 Å². The molecule has 0 aliphatic carbocycles. The number of fused-ring (bicyclic) bond motifs is 1. The van der Waals surface area contributed by atoms with Crippen LogP contribution >= 0.6 is 11.8 Å². The first-order valence-corrected chi connectivity index (χ1v) is 8.31. The Bertz CT molecular complexity index is 657. The molecule has 0 fully saturated rings. The first-order valence-electron chi connectivity index (χ1n) is 5.77. The van der Waals surface area contributed by atoms with Crippen molar-refractivity contribution in [2.24, 2.45) is 0 Å². The molecule has 0 saturated heterocycles. The van der Waals surface area contributed by atoms with Gasteiger partial charge in [-0.15, -0.1) is 0 Å². The molecule has 0 amide bonds. The highest BCUT2D eigenvalue weighted by Gasteiger charge is 2.32. The molecule has 0 bridgehead atoms. The highest BCUT2D eigenvalue weighted by atomic mass is 32.2. The van der Waals surface area contributed by atoms with Crippen LogP contribution in [-0.4, -0.2) is 30.5 Å². The smallest absolute Gasteiger partial charge is 0.336 e. The van der Waals surface area contributed by atoms with Crippen molar-refractivity contribution in [3.8, 4) is 0 Å². The molecule has 0 radical (unpaired) electrons. The van der Waals surface area contributed by atoms with Gasteiger partial charge in [-0.3, -0.25) is 0 Å². The molecule has 0 atom stereocenters. The van der Waals surface area contributed by atoms with E-state index in [0.717, 1.165) is 0 Å². The molecular formula is C13H14O4S2. The first-order chi connectivity index (χ1) is 8.84. The highest BCUT2D eigenvalue weighted by Crippen LogP contribution is 2.36. The molecule has 0 spiro atoms. The number of carboxylic acid groups (broad SMARTS) is 1. The Labute approximate surface area is 116 Å². The van der Waals surface area contributed by atoms with Gasteiger partial charge in [0.2, 0.25) is 9.84 Å². The zero-order chi connectivity index (χ0) is 14.2. The number of carboxylic acids is 1. The molecule has 1 aromatic carbocycles. The molecule has 19 heavy (non-hydrogen) atoms. The molecule has 1 aromatic rings. The lowest BCUT2D eigenvalue weighted by molar-refractivity contribution is 0.0696. The van der Waals surface area contributed by atoms with Gasteiger partial charge in [-0.05, 0) is 23.5 Å². The quantitative estimate of drug-likeness (QED) is 0.925. The lowest BCUT2D eigenvalue weighted by Crippen LogP contribution is -2.05. The Morgan fingerprint density at radius 1 is 1.37 bits per heavy atom. The molecule has 1 aliphatic rings. The molecule has 102 valence electrons. The summed E-state index contributed by atoms with van der Waals surface area (Å²) in [5.74, 6) is -0.741. The molecule has 4 nitrogen and oxygen atoms in total. The van der Waals surface area contributed by atoms with Gasteiger partial charge in [-0.2, -0.15) is 11.8 Å². The Morgan fingerprint density at radius 2 is 2.05 bits per heavy atom. The fourth-order valence-corrected chi connectivity index (χ4v) is 4.54. The van der Waals surface area contributed by atoms with Crippen molar-refractivity contribution in [1.82, 2.24) is 0 Å². The van der Waals surface area contributed by atoms with Crippen LogP contribution in [-0.2, 0) is 9.84 Å². The van der Waals surface area contributed by atoms with Crippen LogP contribution in [0.3, 0.4) is 0 Å². The van der Waals surface area contributed by atoms with Gasteiger partial charge in [0.1, 0.15) is 0 Å². The van der Waals surface area contributed by atoms with Gasteiger partial charge in [0.15, 0.2) is 0 Å². The molecule has 0 aromatic heterocycles. The minimum atomic E-state index is -3.52. The van der Waals surface area contributed by atoms with E-state index in [9.17, 15) is 13.2 Å². The van der Waals surface area contributed by atoms with Gasteiger partial charge in [-0.1, -0.05) is 19.9 Å². The van der Waals surface area contributed by atoms with Crippen LogP contribution in [0.5, 0.6) is 0 Å². The molecule has 0 unspecified atom stereocenters. The summed E-state index contributed by atoms with van der Waals surface area (Å²) in [4.78, 5) is 11.5. The van der Waals surface area contributed by atoms with Crippen molar-refractivity contribution >= 4 is 33.6 Å². The van der Waals surface area contributed by atoms with E-state index in [1.54, 1.807) is 0 Å². The number of aromatic carboxylic acids is 1. The second kappa shape index (κ2) is 5.02. The molecule has 6 heteroatoms. The lowest BCUT2D eigenvalue weighted by Gasteiger charge is -2.06. The summed E-state index contributed by atoms with van der Waals surface area (Å²) in [5, 5.41) is 9.41. The van der Waals surface area contributed by atoms with Crippen LogP contribution in [0, 0.1) is 0 Å². The van der Waals surface area contributed by atoms with E-state index < -0.39 is 15.8 Å². The fourth-order valence-electron chi connectivity index (χ4n) is 1.86. The minimum absolute atomic E-state index is 0.0330. The maximum absolute atomic E-state index is 12.3. The average Bonchev–Trinajstić information content (AvgIpc) is 2.58. The standard InChI is InChI=1S/C13H14O4S2/c1-8(2)18-7-9-6-11-10(13(14)15)4-3-5-12(11)19(9,16)17/h3-6,8H,7H2,1-2H3,(H,14,15). The van der Waals surface area contributed by atoms with Gasteiger partial charge in [-0.25, -0.2) is 13.2 Å². The molecule has 1 N–H and O–H groups in total. The maximum atomic E-state index is 12.3. The number of hydrogen-bond acceptors (Lipinski definition) is 4. The summed E-state index contributed by atoms with van der Waals surface area (Å²) < 4.78 is 24.6. The number of rotatable bonds is 4. The molecule has 1 heterocycles. The number of carbonyl (C=O) groups is 1. The lowest BCUT2D eigenvalue weighted by atomic mass is 10.1. The van der Waals surface area contributed by atoms with Crippen molar-refractivity contribution in [1.29, 1.82) is 0 Å². The third-order valence-electron chi connectivity index (χ3n) is 2.80. The van der Waals surface area contributed by atoms with Crippen molar-refractivity contribution in [3.05, 3.63) is 34.2 Å². The zero-order valence-electron chi connectivity index (χ0n) is 10.6. The van der Waals surface area contributed by atoms with Crippen molar-refractivity contribution in [2.75, 3.05) is 5.75 Å². The third-order valence-corrected chi connectivity index (χ3v) is 6.01. The monoisotopic (exact) mass is 298 g/mol. The predicted molar refractivity (Wildman–Crippen MR) is 76.2 cm³/mol. The predicted octanol–water partition coefficient (Wildman–Crippen LogP) is 2.65. The van der Waals surface area contributed by atoms with Crippen LogP contribution in [0.4, 0.5) is 0 Å². The average molecular weight is 298 g/mol. The number of sulfone groups is 1. The molecule has 0 saturated carbocycles. The van der Waals surface area contributed by atoms with Crippen LogP contribution in [0.1, 0.15) is 29.8 Å². The van der Waals surface area contributed by atoms with Gasteiger partial charge in [0.05, 0.1) is 15.4 Å². The van der Waals surface area contributed by atoms with E-state index in [4.69, 9.17) is 5.11 Å². The van der Waals surface area contributed by atoms with Gasteiger partial charge >= 0.3 is 5.97 Å². The van der Waals surface area contributed by atoms with Crippen LogP contribution < -0.4 is 0 Å². The minimum Gasteiger partial charge on any atom is -0.478 e. The second-order valence-electron chi connectivity index (χ2n) is 4.50. The van der Waals surface area contributed by atoms with Crippen molar-refractivity contribution in [2.45, 2.75) is 24.0 Å². The maximum Gasteiger partial charge on any atom is 0.336 e. The second-order valence-corrected chi connectivity index (χ2v) is 8.03. The van der Waals surface area contributed by atoms with Crippen molar-refractivity contribution in [3.63, 3.8) is 0 Å². The van der Waals surface area contributed by atoms with Crippen LogP contribution in [0.15, 0.2) is 28.0 Å². The normalized spacial score (nSPS) is 16.3. The van der Waals surface area contributed by atoms with E-state index in [-0.39, 0.29) is 15.4 Å². The van der Waals surface area contributed by atoms with E-state index in [2.05, 4.69) is 0 Å². The van der Waals surface area contributed by atoms with Gasteiger partial charge in [0.25, 0.3) is 0 Å². The Hall–Kier alpha value is -1.27. The van der Waals surface area contributed by atoms with Crippen molar-refractivity contribution < 1.29 is 18.3 Å². The highest BCUT2D eigenvalue weighted by molar-refractivity contribution is 8.02. The number of benzene rings is 1. The summed E-state index contributed by atoms with van der Waals surface area (Å²) in [6.45, 7) is 3.98. The summed E-state index contributed by atoms with van der Waals surface area (Å²) in [6, 6.07) is 4.35. The van der Waals surface area contributed by atoms with E-state index >= 15 is 0 Å². The fraction of sp³-hybridized carbons (Fsp3) is 0.308. The summed E-state index contributed by atoms with van der Waals surface area (Å²) in [6.07, 6.45) is 1.49. The van der Waals surface area contributed by atoms with Gasteiger partial charge < -0.3 is 5.11 Å². The Kier molecular flexibility index (Phi) is 3.73.